The average Bonchev–Trinajstić information content (AvgIpc) is 2.91. The van der Waals surface area contributed by atoms with Gasteiger partial charge in [-0.2, -0.15) is 13.5 Å². The van der Waals surface area contributed by atoms with E-state index in [0.29, 0.717) is 20.6 Å². The molecule has 2 aromatic heterocycles. The molecule has 11 heteroatoms. The van der Waals surface area contributed by atoms with E-state index in [1.165, 1.54) is 11.2 Å². The first-order valence-electron chi connectivity index (χ1n) is 5.92. The summed E-state index contributed by atoms with van der Waals surface area (Å²) in [5.74, 6) is -1.17. The second-order valence-corrected chi connectivity index (χ2v) is 7.20. The minimum atomic E-state index is -4.61. The van der Waals surface area contributed by atoms with Crippen molar-refractivity contribution in [3.05, 3.63) is 10.0 Å². The molecule has 0 saturated carbocycles. The predicted octanol–water partition coefficient (Wildman–Crippen LogP) is 0.610. The first kappa shape index (κ1) is 14.6. The van der Waals surface area contributed by atoms with Gasteiger partial charge >= 0.3 is 10.2 Å². The van der Waals surface area contributed by atoms with Crippen LogP contribution in [0, 0.1) is 9.62 Å². The highest BCUT2D eigenvalue weighted by Gasteiger charge is 2.35. The second kappa shape index (κ2) is 5.12. The van der Waals surface area contributed by atoms with Gasteiger partial charge in [-0.05, 0) is 22.6 Å². The van der Waals surface area contributed by atoms with Crippen LogP contribution in [-0.4, -0.2) is 46.8 Å². The summed E-state index contributed by atoms with van der Waals surface area (Å²) < 4.78 is 34.9. The molecule has 1 fully saturated rings. The Balaban J connectivity index is 1.96. The smallest absolute Gasteiger partial charge is 0.296 e. The molecule has 0 spiro atoms. The van der Waals surface area contributed by atoms with E-state index in [1.807, 2.05) is 22.6 Å². The number of aromatic amines is 1. The van der Waals surface area contributed by atoms with Gasteiger partial charge in [-0.25, -0.2) is 9.97 Å². The highest BCUT2D eigenvalue weighted by Crippen LogP contribution is 2.31. The van der Waals surface area contributed by atoms with Crippen LogP contribution < -0.4 is 4.90 Å². The molecule has 0 radical (unpaired) electrons. The highest BCUT2D eigenvalue weighted by atomic mass is 127. The summed E-state index contributed by atoms with van der Waals surface area (Å²) in [6.45, 7) is 0.107. The number of aromatic nitrogens is 4. The van der Waals surface area contributed by atoms with Crippen molar-refractivity contribution in [1.29, 1.82) is 0 Å². The molecule has 1 aliphatic rings. The van der Waals surface area contributed by atoms with E-state index in [4.69, 9.17) is 0 Å². The van der Waals surface area contributed by atoms with Crippen molar-refractivity contribution in [2.24, 2.45) is 5.92 Å². The van der Waals surface area contributed by atoms with E-state index in [9.17, 15) is 17.1 Å². The normalized spacial score (nSPS) is 19.6. The molecule has 1 N–H and O–H groups in total. The number of hydrogen-bond acceptors (Lipinski definition) is 6. The molecule has 1 unspecified atom stereocenters. The molecule has 0 aromatic carbocycles. The highest BCUT2D eigenvalue weighted by molar-refractivity contribution is 14.1. The van der Waals surface area contributed by atoms with Gasteiger partial charge in [0.25, 0.3) is 0 Å². The standard InChI is InChI=1S/C10H9FIN5O3S/c11-21(19,20)3-5-1-6(18)17(2-5)10-7-8(12)15-16-9(7)13-4-14-10/h4-5H,1-3H2,(H,13,14,15,16). The number of nitrogens with one attached hydrogen (secondary N) is 1. The maximum atomic E-state index is 12.8. The fraction of sp³-hybridized carbons (Fsp3) is 0.400. The molecular formula is C10H9FIN5O3S. The van der Waals surface area contributed by atoms with Crippen LogP contribution in [0.1, 0.15) is 6.42 Å². The van der Waals surface area contributed by atoms with Crippen LogP contribution in [0.25, 0.3) is 11.0 Å². The number of rotatable bonds is 3. The molecule has 0 aliphatic carbocycles. The molecular weight excluding hydrogens is 416 g/mol. The minimum absolute atomic E-state index is 0.0247. The van der Waals surface area contributed by atoms with E-state index in [-0.39, 0.29) is 18.9 Å². The van der Waals surface area contributed by atoms with Crippen molar-refractivity contribution in [2.75, 3.05) is 17.2 Å². The Bertz CT molecular complexity index is 823. The Morgan fingerprint density at radius 3 is 2.95 bits per heavy atom. The zero-order valence-electron chi connectivity index (χ0n) is 10.5. The number of nitrogens with zero attached hydrogens (tertiary/aromatic N) is 4. The lowest BCUT2D eigenvalue weighted by atomic mass is 10.1. The minimum Gasteiger partial charge on any atom is -0.296 e. The molecule has 0 bridgehead atoms. The van der Waals surface area contributed by atoms with Gasteiger partial charge in [0.05, 0.1) is 11.1 Å². The van der Waals surface area contributed by atoms with Crippen molar-refractivity contribution in [3.8, 4) is 0 Å². The van der Waals surface area contributed by atoms with Gasteiger partial charge in [-0.1, -0.05) is 0 Å². The van der Waals surface area contributed by atoms with Crippen LogP contribution in [0.15, 0.2) is 6.33 Å². The molecule has 112 valence electrons. The molecule has 1 aliphatic heterocycles. The van der Waals surface area contributed by atoms with Crippen molar-refractivity contribution in [2.45, 2.75) is 6.42 Å². The largest absolute Gasteiger partial charge is 0.302 e. The van der Waals surface area contributed by atoms with Gasteiger partial charge in [0, 0.05) is 18.9 Å². The van der Waals surface area contributed by atoms with E-state index < -0.39 is 21.9 Å². The molecule has 1 atom stereocenters. The second-order valence-electron chi connectivity index (χ2n) is 4.71. The quantitative estimate of drug-likeness (QED) is 0.570. The van der Waals surface area contributed by atoms with Crippen LogP contribution in [0.5, 0.6) is 0 Å². The van der Waals surface area contributed by atoms with Gasteiger partial charge in [-0.15, -0.1) is 3.89 Å². The van der Waals surface area contributed by atoms with Gasteiger partial charge in [0.1, 0.15) is 10.0 Å². The van der Waals surface area contributed by atoms with Crippen molar-refractivity contribution in [1.82, 2.24) is 20.2 Å². The number of carbonyl (C=O) groups excluding carboxylic acids is 1. The lowest BCUT2D eigenvalue weighted by Gasteiger charge is -2.15. The summed E-state index contributed by atoms with van der Waals surface area (Å²) in [6, 6.07) is 0. The Kier molecular flexibility index (Phi) is 3.55. The maximum Gasteiger partial charge on any atom is 0.302 e. The average molecular weight is 425 g/mol. The molecule has 21 heavy (non-hydrogen) atoms. The number of H-pyrrole nitrogens is 1. The summed E-state index contributed by atoms with van der Waals surface area (Å²) in [7, 11) is -4.61. The zero-order chi connectivity index (χ0) is 15.2. The van der Waals surface area contributed by atoms with Gasteiger partial charge < -0.3 is 0 Å². The number of amides is 1. The first-order chi connectivity index (χ1) is 9.85. The van der Waals surface area contributed by atoms with Crippen LogP contribution >= 0.6 is 22.6 Å². The summed E-state index contributed by atoms with van der Waals surface area (Å²) in [6.07, 6.45) is 1.25. The lowest BCUT2D eigenvalue weighted by molar-refractivity contribution is -0.117. The Hall–Kier alpha value is -1.37. The molecule has 1 saturated heterocycles. The van der Waals surface area contributed by atoms with Gasteiger partial charge in [0.2, 0.25) is 5.91 Å². The zero-order valence-corrected chi connectivity index (χ0v) is 13.4. The SMILES string of the molecule is O=C1CC(CS(=O)(=O)F)CN1c1ncnc2n[nH]c(I)c12. The number of fused-ring (bicyclic) bond motifs is 1. The molecule has 8 nitrogen and oxygen atoms in total. The maximum absolute atomic E-state index is 12.8. The molecule has 1 amide bonds. The van der Waals surface area contributed by atoms with Crippen LogP contribution in [0.4, 0.5) is 9.70 Å². The molecule has 3 rings (SSSR count). The first-order valence-corrected chi connectivity index (χ1v) is 8.55. The van der Waals surface area contributed by atoms with Crippen molar-refractivity contribution >= 4 is 55.6 Å². The van der Waals surface area contributed by atoms with Gasteiger partial charge in [0.15, 0.2) is 11.5 Å². The van der Waals surface area contributed by atoms with Crippen LogP contribution in [-0.2, 0) is 15.0 Å². The van der Waals surface area contributed by atoms with E-state index >= 15 is 0 Å². The third-order valence-corrected chi connectivity index (χ3v) is 4.83. The molecule has 2 aromatic rings. The summed E-state index contributed by atoms with van der Waals surface area (Å²) in [5, 5.41) is 7.31. The van der Waals surface area contributed by atoms with Crippen molar-refractivity contribution in [3.63, 3.8) is 0 Å². The number of halogens is 2. The predicted molar refractivity (Wildman–Crippen MR) is 79.8 cm³/mol. The fourth-order valence-corrected chi connectivity index (χ4v) is 3.78. The van der Waals surface area contributed by atoms with Crippen molar-refractivity contribution < 1.29 is 17.1 Å². The number of carbonyl (C=O) groups is 1. The Labute approximate surface area is 132 Å². The van der Waals surface area contributed by atoms with E-state index in [1.54, 1.807) is 0 Å². The Morgan fingerprint density at radius 1 is 1.48 bits per heavy atom. The third-order valence-electron chi connectivity index (χ3n) is 3.18. The number of anilines is 1. The summed E-state index contributed by atoms with van der Waals surface area (Å²) in [4.78, 5) is 21.5. The topological polar surface area (TPSA) is 109 Å². The van der Waals surface area contributed by atoms with Gasteiger partial charge in [-0.3, -0.25) is 14.8 Å². The van der Waals surface area contributed by atoms with E-state index in [2.05, 4.69) is 20.2 Å². The fourth-order valence-electron chi connectivity index (χ4n) is 2.39. The Morgan fingerprint density at radius 2 is 2.24 bits per heavy atom. The third kappa shape index (κ3) is 2.84. The monoisotopic (exact) mass is 425 g/mol. The lowest BCUT2D eigenvalue weighted by Crippen LogP contribution is -2.26. The van der Waals surface area contributed by atoms with Crippen LogP contribution in [0.2, 0.25) is 0 Å². The summed E-state index contributed by atoms with van der Waals surface area (Å²) >= 11 is 2.01. The number of hydrogen-bond donors (Lipinski definition) is 1. The molecule has 3 heterocycles. The van der Waals surface area contributed by atoms with Crippen LogP contribution in [0.3, 0.4) is 0 Å². The van der Waals surface area contributed by atoms with E-state index in [0.717, 1.165) is 0 Å². The summed E-state index contributed by atoms with van der Waals surface area (Å²) in [5.41, 5.74) is 0.416.